The molecule has 0 amide bonds. The number of benzene rings is 1. The van der Waals surface area contributed by atoms with E-state index in [1.165, 1.54) is 30.4 Å². The minimum Gasteiger partial charge on any atom is -0.0917 e. The monoisotopic (exact) mass is 239 g/mol. The Morgan fingerprint density at radius 1 is 1.17 bits per heavy atom. The van der Waals surface area contributed by atoms with Crippen LogP contribution in [-0.2, 0) is 0 Å². The van der Waals surface area contributed by atoms with Crippen LogP contribution in [0.1, 0.15) is 44.2 Å². The summed E-state index contributed by atoms with van der Waals surface area (Å²) in [6, 6.07) is 9.04. The molecule has 0 spiro atoms. The number of hydrogen-bond acceptors (Lipinski definition) is 0. The van der Waals surface area contributed by atoms with Gasteiger partial charge in [-0.3, -0.25) is 0 Å². The zero-order valence-corrected chi connectivity index (χ0v) is 12.2. The lowest BCUT2D eigenvalue weighted by molar-refractivity contribution is 0.325. The van der Waals surface area contributed by atoms with Crippen LogP contribution in [0.15, 0.2) is 29.8 Å². The van der Waals surface area contributed by atoms with Crippen molar-refractivity contribution in [1.29, 1.82) is 0 Å². The van der Waals surface area contributed by atoms with Crippen LogP contribution in [0.3, 0.4) is 0 Å². The van der Waals surface area contributed by atoms with Crippen molar-refractivity contribution in [2.24, 2.45) is 5.41 Å². The average Bonchev–Trinajstić information content (AvgIpc) is 2.30. The molecule has 2 rings (SSSR count). The maximum atomic E-state index is 2.40. The van der Waals surface area contributed by atoms with Gasteiger partial charge in [-0.05, 0) is 42.7 Å². The maximum absolute atomic E-state index is 2.40. The van der Waals surface area contributed by atoms with E-state index in [4.69, 9.17) is 0 Å². The van der Waals surface area contributed by atoms with E-state index < -0.39 is 0 Å². The third kappa shape index (κ3) is 3.07. The first-order valence-electron chi connectivity index (χ1n) is 7.07. The quantitative estimate of drug-likeness (QED) is 0.641. The average molecular weight is 239 g/mol. The lowest BCUT2D eigenvalue weighted by Gasteiger charge is -2.33. The van der Waals surface area contributed by atoms with Crippen molar-refractivity contribution in [2.45, 2.75) is 53.2 Å². The summed E-state index contributed by atoms with van der Waals surface area (Å²) in [4.78, 5) is 0. The van der Waals surface area contributed by atoms with Gasteiger partial charge in [0.05, 0.1) is 0 Å². The molecule has 0 N–H and O–H groups in total. The Hall–Kier alpha value is -0.975. The first-order chi connectivity index (χ1) is 8.52. The highest BCUT2D eigenvalue weighted by Gasteiger charge is 2.26. The van der Waals surface area contributed by atoms with E-state index in [-0.39, 0.29) is 0 Å². The summed E-state index contributed by atoms with van der Waals surface area (Å²) in [6.45, 7) is 9.12. The highest BCUT2D eigenvalue weighted by atomic mass is 14.3. The molecule has 1 aromatic carbocycles. The minimum absolute atomic E-state index is 0.479. The summed E-state index contributed by atoms with van der Waals surface area (Å²) in [6.07, 6.45) is 4.94. The van der Waals surface area contributed by atoms with Crippen LogP contribution in [-0.4, -0.2) is 7.28 Å². The standard InChI is InChI=1S/C17H24B/c1-13-5-7-14(8-6-13)16-9-10-17(2,3)11-15(16)12-18-4/h5-8H,9-12H2,1-4H3. The first-order valence-corrected chi connectivity index (χ1v) is 7.07. The molecule has 0 heterocycles. The number of aryl methyl sites for hydroxylation is 1. The number of allylic oxidation sites excluding steroid dienone is 2. The lowest BCUT2D eigenvalue weighted by atomic mass is 9.65. The summed E-state index contributed by atoms with van der Waals surface area (Å²) < 4.78 is 0. The van der Waals surface area contributed by atoms with Gasteiger partial charge in [-0.25, -0.2) is 0 Å². The van der Waals surface area contributed by atoms with Crippen LogP contribution in [0.5, 0.6) is 0 Å². The largest absolute Gasteiger partial charge is 0.111 e. The van der Waals surface area contributed by atoms with Gasteiger partial charge < -0.3 is 0 Å². The zero-order valence-electron chi connectivity index (χ0n) is 12.2. The van der Waals surface area contributed by atoms with Gasteiger partial charge in [-0.1, -0.05) is 62.4 Å². The van der Waals surface area contributed by atoms with Crippen molar-refractivity contribution >= 4 is 12.9 Å². The predicted molar refractivity (Wildman–Crippen MR) is 82.2 cm³/mol. The van der Waals surface area contributed by atoms with Crippen LogP contribution in [0, 0.1) is 12.3 Å². The van der Waals surface area contributed by atoms with Crippen molar-refractivity contribution in [2.75, 3.05) is 0 Å². The van der Waals surface area contributed by atoms with E-state index in [0.29, 0.717) is 5.41 Å². The Labute approximate surface area is 113 Å². The Bertz CT molecular complexity index is 437. The molecule has 0 nitrogen and oxygen atoms in total. The molecule has 1 aliphatic carbocycles. The molecule has 0 unspecified atom stereocenters. The third-order valence-corrected chi connectivity index (χ3v) is 4.02. The minimum atomic E-state index is 0.479. The molecule has 0 bridgehead atoms. The van der Waals surface area contributed by atoms with Crippen molar-refractivity contribution in [3.63, 3.8) is 0 Å². The fourth-order valence-electron chi connectivity index (χ4n) is 2.96. The topological polar surface area (TPSA) is 0 Å². The van der Waals surface area contributed by atoms with Crippen LogP contribution >= 0.6 is 0 Å². The molecule has 0 aromatic heterocycles. The van der Waals surface area contributed by atoms with E-state index >= 15 is 0 Å². The van der Waals surface area contributed by atoms with Gasteiger partial charge in [-0.2, -0.15) is 0 Å². The summed E-state index contributed by atoms with van der Waals surface area (Å²) >= 11 is 0. The molecule has 0 fully saturated rings. The first kappa shape index (κ1) is 13.5. The maximum Gasteiger partial charge on any atom is 0.111 e. The lowest BCUT2D eigenvalue weighted by Crippen LogP contribution is -2.18. The Morgan fingerprint density at radius 3 is 2.44 bits per heavy atom. The third-order valence-electron chi connectivity index (χ3n) is 4.02. The van der Waals surface area contributed by atoms with Crippen molar-refractivity contribution in [3.05, 3.63) is 41.0 Å². The SMILES string of the molecule is C[B]CC1=C(c2ccc(C)cc2)CCC(C)(C)C1. The van der Waals surface area contributed by atoms with E-state index in [1.807, 2.05) is 0 Å². The summed E-state index contributed by atoms with van der Waals surface area (Å²) in [5.41, 5.74) is 6.52. The second kappa shape index (κ2) is 5.34. The van der Waals surface area contributed by atoms with Crippen molar-refractivity contribution in [3.8, 4) is 0 Å². The molecule has 0 saturated carbocycles. The molecular formula is C17H24B. The van der Waals surface area contributed by atoms with Gasteiger partial charge in [0.1, 0.15) is 7.28 Å². The highest BCUT2D eigenvalue weighted by Crippen LogP contribution is 2.43. The normalized spacial score (nSPS) is 18.9. The fourth-order valence-corrected chi connectivity index (χ4v) is 2.96. The highest BCUT2D eigenvalue weighted by molar-refractivity contribution is 6.34. The smallest absolute Gasteiger partial charge is 0.0917 e. The summed E-state index contributed by atoms with van der Waals surface area (Å²) in [7, 11) is 2.30. The van der Waals surface area contributed by atoms with Crippen LogP contribution in [0.25, 0.3) is 5.57 Å². The number of hydrogen-bond donors (Lipinski definition) is 0. The van der Waals surface area contributed by atoms with Gasteiger partial charge >= 0.3 is 0 Å². The van der Waals surface area contributed by atoms with Gasteiger partial charge in [-0.15, -0.1) is 0 Å². The van der Waals surface area contributed by atoms with E-state index in [1.54, 1.807) is 11.1 Å². The van der Waals surface area contributed by atoms with Crippen LogP contribution < -0.4 is 0 Å². The Kier molecular flexibility index (Phi) is 3.99. The molecule has 1 radical (unpaired) electrons. The second-order valence-electron chi connectivity index (χ2n) is 6.40. The van der Waals surface area contributed by atoms with Crippen LogP contribution in [0.4, 0.5) is 0 Å². The Balaban J connectivity index is 2.35. The van der Waals surface area contributed by atoms with E-state index in [0.717, 1.165) is 6.32 Å². The molecular weight excluding hydrogens is 215 g/mol. The van der Waals surface area contributed by atoms with Gasteiger partial charge in [0.25, 0.3) is 0 Å². The molecule has 0 aliphatic heterocycles. The van der Waals surface area contributed by atoms with E-state index in [2.05, 4.69) is 59.1 Å². The zero-order chi connectivity index (χ0) is 13.2. The Morgan fingerprint density at radius 2 is 1.83 bits per heavy atom. The molecule has 0 saturated heterocycles. The summed E-state index contributed by atoms with van der Waals surface area (Å²) in [5.74, 6) is 0. The fraction of sp³-hybridized carbons (Fsp3) is 0.529. The van der Waals surface area contributed by atoms with Crippen LogP contribution in [0.2, 0.25) is 13.1 Å². The molecule has 95 valence electrons. The van der Waals surface area contributed by atoms with E-state index in [9.17, 15) is 0 Å². The van der Waals surface area contributed by atoms with Gasteiger partial charge in [0.15, 0.2) is 0 Å². The van der Waals surface area contributed by atoms with Gasteiger partial charge in [0, 0.05) is 0 Å². The summed E-state index contributed by atoms with van der Waals surface area (Å²) in [5, 5.41) is 0. The molecule has 1 aliphatic rings. The molecule has 1 aromatic rings. The number of rotatable bonds is 3. The van der Waals surface area contributed by atoms with Gasteiger partial charge in [0.2, 0.25) is 0 Å². The second-order valence-corrected chi connectivity index (χ2v) is 6.40. The van der Waals surface area contributed by atoms with Crippen molar-refractivity contribution < 1.29 is 0 Å². The molecule has 1 heteroatoms. The predicted octanol–water partition coefficient (Wildman–Crippen LogP) is 5.13. The molecule has 0 atom stereocenters. The van der Waals surface area contributed by atoms with Crippen molar-refractivity contribution in [1.82, 2.24) is 0 Å². The molecule has 18 heavy (non-hydrogen) atoms.